The van der Waals surface area contributed by atoms with E-state index < -0.39 is 0 Å². The van der Waals surface area contributed by atoms with Gasteiger partial charge in [-0.2, -0.15) is 0 Å². The first-order chi connectivity index (χ1) is 9.04. The first kappa shape index (κ1) is 14.8. The highest BCUT2D eigenvalue weighted by Gasteiger charge is 2.41. The van der Waals surface area contributed by atoms with Crippen molar-refractivity contribution in [3.63, 3.8) is 0 Å². The second kappa shape index (κ2) is 6.23. The number of benzene rings is 1. The van der Waals surface area contributed by atoms with Crippen LogP contribution in [-0.4, -0.2) is 18.2 Å². The zero-order chi connectivity index (χ0) is 14.0. The molecule has 1 fully saturated rings. The second-order valence-corrected chi connectivity index (χ2v) is 5.96. The summed E-state index contributed by atoms with van der Waals surface area (Å²) in [6, 6.07) is 8.11. The summed E-state index contributed by atoms with van der Waals surface area (Å²) < 4.78 is 5.91. The largest absolute Gasteiger partial charge is 0.375 e. The Hall–Kier alpha value is -0.610. The molecule has 106 valence electrons. The van der Waals surface area contributed by atoms with Crippen molar-refractivity contribution >= 4 is 11.6 Å². The van der Waals surface area contributed by atoms with Crippen LogP contribution in [0.15, 0.2) is 24.3 Å². The number of hydrazine groups is 1. The fraction of sp³-hybridized carbons (Fsp3) is 0.600. The topological polar surface area (TPSA) is 47.3 Å². The quantitative estimate of drug-likeness (QED) is 0.659. The molecule has 0 saturated carbocycles. The van der Waals surface area contributed by atoms with E-state index >= 15 is 0 Å². The number of hydrogen-bond donors (Lipinski definition) is 2. The van der Waals surface area contributed by atoms with Gasteiger partial charge in [0.15, 0.2) is 0 Å². The van der Waals surface area contributed by atoms with Crippen molar-refractivity contribution in [1.82, 2.24) is 5.43 Å². The minimum absolute atomic E-state index is 0.176. The molecular formula is C15H23ClN2O. The molecule has 1 saturated heterocycles. The van der Waals surface area contributed by atoms with Crippen molar-refractivity contribution in [3.05, 3.63) is 34.9 Å². The van der Waals surface area contributed by atoms with Crippen LogP contribution in [0, 0.1) is 11.8 Å². The van der Waals surface area contributed by atoms with Gasteiger partial charge >= 0.3 is 0 Å². The lowest BCUT2D eigenvalue weighted by molar-refractivity contribution is 0.0476. The van der Waals surface area contributed by atoms with Crippen LogP contribution < -0.4 is 11.3 Å². The first-order valence-electron chi connectivity index (χ1n) is 6.89. The molecule has 2 rings (SSSR count). The van der Waals surface area contributed by atoms with E-state index in [1.165, 1.54) is 0 Å². The molecule has 3 nitrogen and oxygen atoms in total. The first-order valence-corrected chi connectivity index (χ1v) is 7.27. The van der Waals surface area contributed by atoms with Crippen molar-refractivity contribution < 1.29 is 4.74 Å². The fourth-order valence-electron chi connectivity index (χ4n) is 3.19. The highest BCUT2D eigenvalue weighted by molar-refractivity contribution is 6.31. The van der Waals surface area contributed by atoms with Gasteiger partial charge in [0.1, 0.15) is 0 Å². The summed E-state index contributed by atoms with van der Waals surface area (Å²) in [5, 5.41) is 0.801. The molecule has 1 aromatic rings. The smallest absolute Gasteiger partial charge is 0.0597 e. The molecule has 1 aliphatic rings. The molecule has 0 aliphatic carbocycles. The molecule has 3 N–H and O–H groups in total. The molecule has 0 aromatic heterocycles. The molecule has 0 amide bonds. The Balaban J connectivity index is 2.15. The van der Waals surface area contributed by atoms with Crippen LogP contribution in [0.1, 0.15) is 26.3 Å². The molecule has 5 unspecified atom stereocenters. The Bertz CT molecular complexity index is 426. The Morgan fingerprint density at radius 1 is 1.26 bits per heavy atom. The number of nitrogens with one attached hydrogen (secondary N) is 1. The van der Waals surface area contributed by atoms with Crippen LogP contribution in [-0.2, 0) is 11.2 Å². The number of ether oxygens (including phenoxy) is 1. The van der Waals surface area contributed by atoms with Gasteiger partial charge < -0.3 is 4.74 Å². The van der Waals surface area contributed by atoms with Gasteiger partial charge in [-0.25, -0.2) is 0 Å². The molecule has 1 aliphatic heterocycles. The number of halogens is 1. The molecule has 1 heterocycles. The highest BCUT2D eigenvalue weighted by Crippen LogP contribution is 2.35. The van der Waals surface area contributed by atoms with Crippen LogP contribution in [0.5, 0.6) is 0 Å². The molecule has 19 heavy (non-hydrogen) atoms. The number of nitrogens with two attached hydrogens (primary N) is 1. The van der Waals surface area contributed by atoms with Gasteiger partial charge in [-0.3, -0.25) is 11.3 Å². The third-order valence-electron chi connectivity index (χ3n) is 4.40. The summed E-state index contributed by atoms with van der Waals surface area (Å²) in [5.41, 5.74) is 4.09. The van der Waals surface area contributed by atoms with E-state index in [1.54, 1.807) is 0 Å². The SMILES string of the molecule is CC1OC(C)C(C(Cc2ccccc2Cl)NN)C1C. The summed E-state index contributed by atoms with van der Waals surface area (Å²) in [7, 11) is 0. The van der Waals surface area contributed by atoms with E-state index in [-0.39, 0.29) is 18.2 Å². The maximum Gasteiger partial charge on any atom is 0.0597 e. The normalized spacial score (nSPS) is 32.5. The lowest BCUT2D eigenvalue weighted by atomic mass is 9.81. The standard InChI is InChI=1S/C15H23ClN2O/c1-9-10(2)19-11(3)15(9)14(18-17)8-12-6-4-5-7-13(12)16/h4-7,9-11,14-15,18H,8,17H2,1-3H3. The van der Waals surface area contributed by atoms with E-state index in [1.807, 2.05) is 18.2 Å². The van der Waals surface area contributed by atoms with Crippen molar-refractivity contribution in [1.29, 1.82) is 0 Å². The Morgan fingerprint density at radius 3 is 2.47 bits per heavy atom. The number of rotatable bonds is 4. The van der Waals surface area contributed by atoms with Crippen molar-refractivity contribution in [2.24, 2.45) is 17.7 Å². The van der Waals surface area contributed by atoms with Crippen LogP contribution in [0.25, 0.3) is 0 Å². The van der Waals surface area contributed by atoms with Crippen LogP contribution in [0.2, 0.25) is 5.02 Å². The van der Waals surface area contributed by atoms with Gasteiger partial charge in [-0.1, -0.05) is 36.7 Å². The summed E-state index contributed by atoms with van der Waals surface area (Å²) in [4.78, 5) is 0. The third-order valence-corrected chi connectivity index (χ3v) is 4.76. The van der Waals surface area contributed by atoms with Crippen LogP contribution in [0.3, 0.4) is 0 Å². The van der Waals surface area contributed by atoms with Crippen molar-refractivity contribution in [2.45, 2.75) is 45.4 Å². The summed E-state index contributed by atoms with van der Waals surface area (Å²) in [6.07, 6.45) is 1.32. The van der Waals surface area contributed by atoms with Crippen molar-refractivity contribution in [2.75, 3.05) is 0 Å². The monoisotopic (exact) mass is 282 g/mol. The van der Waals surface area contributed by atoms with Crippen molar-refractivity contribution in [3.8, 4) is 0 Å². The van der Waals surface area contributed by atoms with Gasteiger partial charge in [0, 0.05) is 17.0 Å². The van der Waals surface area contributed by atoms with Gasteiger partial charge in [0.25, 0.3) is 0 Å². The van der Waals surface area contributed by atoms with Gasteiger partial charge in [-0.15, -0.1) is 0 Å². The predicted octanol–water partition coefficient (Wildman–Crippen LogP) is 2.77. The average Bonchev–Trinajstić information content (AvgIpc) is 2.63. The minimum atomic E-state index is 0.176. The molecule has 5 atom stereocenters. The lowest BCUT2D eigenvalue weighted by Gasteiger charge is -2.28. The summed E-state index contributed by atoms with van der Waals surface area (Å²) in [6.45, 7) is 6.49. The minimum Gasteiger partial charge on any atom is -0.375 e. The Labute approximate surface area is 120 Å². The van der Waals surface area contributed by atoms with E-state index in [0.717, 1.165) is 17.0 Å². The molecule has 4 heteroatoms. The summed E-state index contributed by atoms with van der Waals surface area (Å²) >= 11 is 6.23. The third kappa shape index (κ3) is 3.11. The summed E-state index contributed by atoms with van der Waals surface area (Å²) in [5.74, 6) is 6.66. The van der Waals surface area contributed by atoms with E-state index in [4.69, 9.17) is 22.2 Å². The number of hydrogen-bond acceptors (Lipinski definition) is 3. The molecular weight excluding hydrogens is 260 g/mol. The fourth-order valence-corrected chi connectivity index (χ4v) is 3.41. The molecule has 0 spiro atoms. The zero-order valence-corrected chi connectivity index (χ0v) is 12.5. The molecule has 0 bridgehead atoms. The Kier molecular flexibility index (Phi) is 4.85. The lowest BCUT2D eigenvalue weighted by Crippen LogP contribution is -2.46. The van der Waals surface area contributed by atoms with Gasteiger partial charge in [-0.05, 0) is 37.8 Å². The molecule has 0 radical (unpaired) electrons. The molecule has 1 aromatic carbocycles. The second-order valence-electron chi connectivity index (χ2n) is 5.55. The van der Waals surface area contributed by atoms with Gasteiger partial charge in [0.05, 0.1) is 12.2 Å². The maximum atomic E-state index is 6.23. The van der Waals surface area contributed by atoms with E-state index in [2.05, 4.69) is 32.3 Å². The van der Waals surface area contributed by atoms with E-state index in [9.17, 15) is 0 Å². The van der Waals surface area contributed by atoms with Crippen LogP contribution in [0.4, 0.5) is 0 Å². The van der Waals surface area contributed by atoms with Gasteiger partial charge in [0.2, 0.25) is 0 Å². The average molecular weight is 283 g/mol. The Morgan fingerprint density at radius 2 is 1.95 bits per heavy atom. The predicted molar refractivity (Wildman–Crippen MR) is 78.9 cm³/mol. The van der Waals surface area contributed by atoms with E-state index in [0.29, 0.717) is 11.8 Å². The maximum absolute atomic E-state index is 6.23. The van der Waals surface area contributed by atoms with Crippen LogP contribution >= 0.6 is 11.6 Å². The highest BCUT2D eigenvalue weighted by atomic mass is 35.5. The zero-order valence-electron chi connectivity index (χ0n) is 11.8.